The number of amides is 1. The number of phosphoric acid groups is 1. The van der Waals surface area contributed by atoms with Gasteiger partial charge in [-0.25, -0.2) is 4.57 Å². The highest BCUT2D eigenvalue weighted by Gasteiger charge is 2.28. The lowest BCUT2D eigenvalue weighted by Crippen LogP contribution is -2.45. The van der Waals surface area contributed by atoms with Crippen LogP contribution in [-0.4, -0.2) is 73.4 Å². The summed E-state index contributed by atoms with van der Waals surface area (Å²) in [5.41, 5.74) is 0. The van der Waals surface area contributed by atoms with E-state index in [1.807, 2.05) is 27.2 Å². The number of nitrogens with one attached hydrogen (secondary N) is 1. The number of aliphatic hydroxyl groups is 1. The van der Waals surface area contributed by atoms with Crippen LogP contribution in [0.25, 0.3) is 0 Å². The summed E-state index contributed by atoms with van der Waals surface area (Å²) in [6, 6.07) is -0.846. The fourth-order valence-corrected chi connectivity index (χ4v) is 14.1. The normalized spacial score (nSPS) is 13.5. The summed E-state index contributed by atoms with van der Waals surface area (Å²) in [5, 5.41) is 14.1. The van der Waals surface area contributed by atoms with Crippen molar-refractivity contribution < 1.29 is 32.9 Å². The Morgan fingerprint density at radius 2 is 0.581 bits per heavy atom. The van der Waals surface area contributed by atoms with E-state index in [2.05, 4.69) is 31.3 Å². The fraction of sp³-hybridized carbons (Fsp3) is 0.940. The monoisotopic (exact) mass is 1330 g/mol. The Bertz CT molecular complexity index is 1570. The standard InChI is InChI=1S/C84H167N2O6P/c1-6-8-10-12-14-16-18-20-22-24-26-28-30-32-34-36-38-40-41-42-43-44-45-46-48-50-52-54-56-58-60-62-64-66-68-70-72-74-76-78-84(88)85-82(81-92-93(89,90)91-80-79-86(3,4)5)83(87)77-75-73-71-69-67-65-63-61-59-57-55-53-51-49-47-39-37-35-33-31-29-27-25-23-21-19-17-15-13-11-9-7-2/h24,26,75,77,82-83,87H,6-23,25,27-74,76,78-81H2,1-5H3,(H-,85,88,89,90)/p+1/b26-24-,77-75+. The molecular weight excluding hydrogens is 1160 g/mol. The summed E-state index contributed by atoms with van der Waals surface area (Å²) in [6.45, 7) is 4.89. The van der Waals surface area contributed by atoms with Crippen molar-refractivity contribution in [2.75, 3.05) is 40.9 Å². The molecule has 93 heavy (non-hydrogen) atoms. The second kappa shape index (κ2) is 75.2. The van der Waals surface area contributed by atoms with Gasteiger partial charge in [-0.05, 0) is 44.9 Å². The van der Waals surface area contributed by atoms with Gasteiger partial charge in [-0.2, -0.15) is 0 Å². The second-order valence-electron chi connectivity index (χ2n) is 30.6. The third kappa shape index (κ3) is 78.2. The zero-order valence-corrected chi connectivity index (χ0v) is 64.7. The van der Waals surface area contributed by atoms with Gasteiger partial charge in [0.2, 0.25) is 5.91 Å². The first-order chi connectivity index (χ1) is 45.5. The first-order valence-corrected chi connectivity index (χ1v) is 43.7. The molecule has 0 aliphatic carbocycles. The molecule has 8 nitrogen and oxygen atoms in total. The van der Waals surface area contributed by atoms with Crippen LogP contribution in [0.2, 0.25) is 0 Å². The molecule has 0 aromatic heterocycles. The van der Waals surface area contributed by atoms with Crippen LogP contribution in [0.5, 0.6) is 0 Å². The molecule has 0 saturated heterocycles. The Morgan fingerprint density at radius 3 is 0.828 bits per heavy atom. The quantitative estimate of drug-likeness (QED) is 0.0243. The average Bonchev–Trinajstić information content (AvgIpc) is 1.94. The average molecular weight is 1330 g/mol. The number of hydrogen-bond donors (Lipinski definition) is 3. The molecule has 1 amide bonds. The van der Waals surface area contributed by atoms with Crippen molar-refractivity contribution in [2.24, 2.45) is 0 Å². The molecule has 554 valence electrons. The largest absolute Gasteiger partial charge is 0.472 e. The number of allylic oxidation sites excluding steroid dienone is 3. The lowest BCUT2D eigenvalue weighted by molar-refractivity contribution is -0.870. The topological polar surface area (TPSA) is 105 Å². The Labute approximate surface area is 583 Å². The van der Waals surface area contributed by atoms with E-state index in [9.17, 15) is 19.4 Å². The number of likely N-dealkylation sites (N-methyl/N-ethyl adjacent to an activating group) is 1. The zero-order valence-electron chi connectivity index (χ0n) is 63.8. The third-order valence-electron chi connectivity index (χ3n) is 19.9. The van der Waals surface area contributed by atoms with Gasteiger partial charge < -0.3 is 19.8 Å². The minimum Gasteiger partial charge on any atom is -0.387 e. The van der Waals surface area contributed by atoms with Gasteiger partial charge in [0.05, 0.1) is 39.9 Å². The predicted molar refractivity (Wildman–Crippen MR) is 411 cm³/mol. The number of carbonyl (C=O) groups excluding carboxylic acids is 1. The van der Waals surface area contributed by atoms with E-state index >= 15 is 0 Å². The maximum absolute atomic E-state index is 13.1. The van der Waals surface area contributed by atoms with Gasteiger partial charge in [-0.15, -0.1) is 0 Å². The number of nitrogens with zero attached hydrogens (tertiary/aromatic N) is 1. The van der Waals surface area contributed by atoms with Crippen molar-refractivity contribution in [2.45, 2.75) is 469 Å². The molecule has 0 radical (unpaired) electrons. The predicted octanol–water partition coefficient (Wildman–Crippen LogP) is 27.7. The van der Waals surface area contributed by atoms with Gasteiger partial charge in [0.1, 0.15) is 13.2 Å². The highest BCUT2D eigenvalue weighted by atomic mass is 31.2. The smallest absolute Gasteiger partial charge is 0.387 e. The molecule has 3 N–H and O–H groups in total. The number of hydrogen-bond acceptors (Lipinski definition) is 5. The Hall–Kier alpha value is -1.02. The highest BCUT2D eigenvalue weighted by molar-refractivity contribution is 7.47. The Balaban J connectivity index is 3.90. The van der Waals surface area contributed by atoms with E-state index in [1.165, 1.54) is 405 Å². The fourth-order valence-electron chi connectivity index (χ4n) is 13.4. The molecule has 0 bridgehead atoms. The number of rotatable bonds is 80. The minimum absolute atomic E-state index is 0.0650. The van der Waals surface area contributed by atoms with Crippen molar-refractivity contribution in [1.29, 1.82) is 0 Å². The van der Waals surface area contributed by atoms with Crippen molar-refractivity contribution in [3.05, 3.63) is 24.3 Å². The van der Waals surface area contributed by atoms with Gasteiger partial charge in [0.25, 0.3) is 0 Å². The van der Waals surface area contributed by atoms with E-state index in [0.29, 0.717) is 17.4 Å². The molecule has 0 heterocycles. The van der Waals surface area contributed by atoms with Gasteiger partial charge in [0, 0.05) is 6.42 Å². The van der Waals surface area contributed by atoms with Crippen molar-refractivity contribution >= 4 is 13.7 Å². The summed E-state index contributed by atoms with van der Waals surface area (Å²) >= 11 is 0. The molecule has 0 aliphatic heterocycles. The maximum atomic E-state index is 13.1. The SMILES string of the molecule is CCCCCCCCCC/C=C\CCCCCCCCCCCCCCCCCCCCCCCCCCCCCC(=O)NC(COP(=O)(O)OCC[N+](C)(C)C)C(O)/C=C/CCCCCCCCCCCCCCCCCCCCCCCCCCCCCCCC. The van der Waals surface area contributed by atoms with Crippen LogP contribution in [-0.2, 0) is 18.4 Å². The second-order valence-corrected chi connectivity index (χ2v) is 32.0. The minimum atomic E-state index is -4.36. The number of carbonyl (C=O) groups is 1. The Morgan fingerprint density at radius 1 is 0.355 bits per heavy atom. The number of phosphoric ester groups is 1. The maximum Gasteiger partial charge on any atom is 0.472 e. The van der Waals surface area contributed by atoms with Crippen LogP contribution in [0, 0.1) is 0 Å². The van der Waals surface area contributed by atoms with Gasteiger partial charge in [0.15, 0.2) is 0 Å². The van der Waals surface area contributed by atoms with Crippen LogP contribution < -0.4 is 5.32 Å². The molecule has 0 rings (SSSR count). The van der Waals surface area contributed by atoms with Crippen LogP contribution >= 0.6 is 7.82 Å². The molecule has 0 saturated carbocycles. The van der Waals surface area contributed by atoms with Crippen LogP contribution in [0.3, 0.4) is 0 Å². The molecule has 0 spiro atoms. The summed E-state index contributed by atoms with van der Waals surface area (Å²) in [4.78, 5) is 23.5. The van der Waals surface area contributed by atoms with Gasteiger partial charge in [-0.1, -0.05) is 430 Å². The molecule has 3 unspecified atom stereocenters. The molecule has 0 fully saturated rings. The number of unbranched alkanes of at least 4 members (excludes halogenated alkanes) is 65. The van der Waals surface area contributed by atoms with E-state index in [4.69, 9.17) is 9.05 Å². The summed E-state index contributed by atoms with van der Waals surface area (Å²) < 4.78 is 23.9. The van der Waals surface area contributed by atoms with E-state index in [1.54, 1.807) is 6.08 Å². The van der Waals surface area contributed by atoms with E-state index < -0.39 is 20.0 Å². The first kappa shape index (κ1) is 92.0. The third-order valence-corrected chi connectivity index (χ3v) is 20.9. The summed E-state index contributed by atoms with van der Waals surface area (Å²) in [6.07, 6.45) is 101. The molecule has 9 heteroatoms. The van der Waals surface area contributed by atoms with Gasteiger partial charge in [-0.3, -0.25) is 13.8 Å². The van der Waals surface area contributed by atoms with Crippen molar-refractivity contribution in [1.82, 2.24) is 5.32 Å². The molecule has 0 aromatic rings. The lowest BCUT2D eigenvalue weighted by atomic mass is 10.0. The van der Waals surface area contributed by atoms with E-state index in [-0.39, 0.29) is 19.1 Å². The first-order valence-electron chi connectivity index (χ1n) is 42.2. The highest BCUT2D eigenvalue weighted by Crippen LogP contribution is 2.43. The molecule has 0 aliphatic rings. The molecule has 0 aromatic carbocycles. The van der Waals surface area contributed by atoms with Crippen LogP contribution in [0.1, 0.15) is 457 Å². The lowest BCUT2D eigenvalue weighted by Gasteiger charge is -2.25. The summed E-state index contributed by atoms with van der Waals surface area (Å²) in [5.74, 6) is -0.165. The zero-order chi connectivity index (χ0) is 67.6. The number of quaternary nitrogens is 1. The number of aliphatic hydroxyl groups excluding tert-OH is 1. The van der Waals surface area contributed by atoms with Crippen LogP contribution in [0.15, 0.2) is 24.3 Å². The van der Waals surface area contributed by atoms with E-state index in [0.717, 1.165) is 32.1 Å². The van der Waals surface area contributed by atoms with Crippen molar-refractivity contribution in [3.63, 3.8) is 0 Å². The van der Waals surface area contributed by atoms with Gasteiger partial charge >= 0.3 is 7.82 Å². The van der Waals surface area contributed by atoms with Crippen molar-refractivity contribution in [3.8, 4) is 0 Å². The van der Waals surface area contributed by atoms with Crippen LogP contribution in [0.4, 0.5) is 0 Å². The summed E-state index contributed by atoms with van der Waals surface area (Å²) in [7, 11) is 1.60. The molecule has 3 atom stereocenters. The Kier molecular flexibility index (Phi) is 74.4. The molecular formula is C84H168N2O6P+.